The first-order valence-corrected chi connectivity index (χ1v) is 9.33. The van der Waals surface area contributed by atoms with E-state index in [-0.39, 0.29) is 12.6 Å². The number of benzene rings is 1. The lowest BCUT2D eigenvalue weighted by Gasteiger charge is -2.14. The second-order valence-electron chi connectivity index (χ2n) is 6.33. The molecule has 0 radical (unpaired) electrons. The number of methoxy groups -OCH3 is 2. The number of fused-ring (bicyclic) bond motifs is 1. The minimum absolute atomic E-state index is 0.0169. The molecule has 9 nitrogen and oxygen atoms in total. The van der Waals surface area contributed by atoms with Crippen LogP contribution in [0.2, 0.25) is 5.02 Å². The molecule has 0 aliphatic heterocycles. The number of aryl methyl sites for hydroxylation is 3. The van der Waals surface area contributed by atoms with Crippen LogP contribution in [0.3, 0.4) is 0 Å². The lowest BCUT2D eigenvalue weighted by Crippen LogP contribution is -2.11. The molecule has 0 atom stereocenters. The van der Waals surface area contributed by atoms with E-state index in [0.29, 0.717) is 57.6 Å². The van der Waals surface area contributed by atoms with Crippen molar-refractivity contribution in [2.24, 2.45) is 0 Å². The van der Waals surface area contributed by atoms with Gasteiger partial charge in [0.25, 0.3) is 0 Å². The molecule has 10 heteroatoms. The smallest absolute Gasteiger partial charge is 0.340 e. The highest BCUT2D eigenvalue weighted by Crippen LogP contribution is 2.32. The number of aliphatic hydroxyl groups excluding tert-OH is 1. The zero-order chi connectivity index (χ0) is 21.1. The largest absolute Gasteiger partial charge is 0.467 e. The number of aromatic nitrogens is 4. The van der Waals surface area contributed by atoms with E-state index in [0.717, 1.165) is 0 Å². The molecule has 29 heavy (non-hydrogen) atoms. The SMILES string of the molecule is COC(=O)c1ccc(Cl)c2nc(Nc3c(C)nc(OC)nc3C)n(CCCO)c12. The number of carbonyl (C=O) groups excluding carboxylic acids is 1. The van der Waals surface area contributed by atoms with Gasteiger partial charge in [0.15, 0.2) is 0 Å². The summed E-state index contributed by atoms with van der Waals surface area (Å²) in [5.74, 6) is -0.0461. The number of nitrogens with zero attached hydrogens (tertiary/aromatic N) is 4. The third kappa shape index (κ3) is 3.96. The fourth-order valence-electron chi connectivity index (χ4n) is 3.09. The Morgan fingerprint density at radius 2 is 1.90 bits per heavy atom. The zero-order valence-electron chi connectivity index (χ0n) is 16.6. The molecule has 0 saturated carbocycles. The molecule has 2 aromatic heterocycles. The topological polar surface area (TPSA) is 111 Å². The van der Waals surface area contributed by atoms with Crippen LogP contribution in [0.1, 0.15) is 28.2 Å². The van der Waals surface area contributed by atoms with E-state index in [1.165, 1.54) is 14.2 Å². The monoisotopic (exact) mass is 419 g/mol. The van der Waals surface area contributed by atoms with Crippen molar-refractivity contribution in [3.05, 3.63) is 34.1 Å². The molecular formula is C19H22ClN5O4. The van der Waals surface area contributed by atoms with E-state index in [1.54, 1.807) is 16.7 Å². The summed E-state index contributed by atoms with van der Waals surface area (Å²) >= 11 is 6.36. The summed E-state index contributed by atoms with van der Waals surface area (Å²) in [6.45, 7) is 4.05. The van der Waals surface area contributed by atoms with E-state index in [1.807, 2.05) is 13.8 Å². The van der Waals surface area contributed by atoms with Gasteiger partial charge in [-0.1, -0.05) is 11.6 Å². The summed E-state index contributed by atoms with van der Waals surface area (Å²) in [7, 11) is 2.82. The van der Waals surface area contributed by atoms with Gasteiger partial charge in [0, 0.05) is 13.2 Å². The number of esters is 1. The Morgan fingerprint density at radius 1 is 1.21 bits per heavy atom. The van der Waals surface area contributed by atoms with Crippen molar-refractivity contribution in [2.75, 3.05) is 26.1 Å². The van der Waals surface area contributed by atoms with Gasteiger partial charge < -0.3 is 24.5 Å². The van der Waals surface area contributed by atoms with Crippen molar-refractivity contribution in [3.63, 3.8) is 0 Å². The molecule has 0 aliphatic rings. The highest BCUT2D eigenvalue weighted by Gasteiger charge is 2.22. The standard InChI is InChI=1S/C19H22ClN5O4/c1-10-14(11(2)22-19(21-10)29-4)23-18-24-15-13(20)7-6-12(17(27)28-3)16(15)25(18)8-5-9-26/h6-7,26H,5,8-9H2,1-4H3,(H,23,24). The molecule has 0 spiro atoms. The molecule has 0 aliphatic carbocycles. The second kappa shape index (κ2) is 8.62. The Labute approximate surface area is 172 Å². The number of ether oxygens (including phenoxy) is 2. The maximum absolute atomic E-state index is 12.3. The van der Waals surface area contributed by atoms with E-state index in [4.69, 9.17) is 21.1 Å². The summed E-state index contributed by atoms with van der Waals surface area (Å²) in [6, 6.07) is 3.48. The normalized spacial score (nSPS) is 11.0. The highest BCUT2D eigenvalue weighted by molar-refractivity contribution is 6.35. The minimum atomic E-state index is -0.497. The minimum Gasteiger partial charge on any atom is -0.467 e. The number of imidazole rings is 1. The number of hydrogen-bond donors (Lipinski definition) is 2. The predicted molar refractivity (Wildman–Crippen MR) is 109 cm³/mol. The Hall–Kier alpha value is -2.91. The van der Waals surface area contributed by atoms with Crippen LogP contribution in [-0.4, -0.2) is 51.4 Å². The lowest BCUT2D eigenvalue weighted by atomic mass is 10.2. The quantitative estimate of drug-likeness (QED) is 0.562. The van der Waals surface area contributed by atoms with Crippen LogP contribution in [0.15, 0.2) is 12.1 Å². The number of aliphatic hydroxyl groups is 1. The highest BCUT2D eigenvalue weighted by atomic mass is 35.5. The van der Waals surface area contributed by atoms with Crippen molar-refractivity contribution < 1.29 is 19.4 Å². The number of hydrogen-bond acceptors (Lipinski definition) is 8. The average molecular weight is 420 g/mol. The first-order chi connectivity index (χ1) is 13.9. The summed E-state index contributed by atoms with van der Waals surface area (Å²) in [4.78, 5) is 25.5. The van der Waals surface area contributed by atoms with Crippen molar-refractivity contribution in [2.45, 2.75) is 26.8 Å². The molecule has 0 unspecified atom stereocenters. The number of carbonyl (C=O) groups is 1. The van der Waals surface area contributed by atoms with Crippen LogP contribution in [0.5, 0.6) is 6.01 Å². The van der Waals surface area contributed by atoms with Crippen molar-refractivity contribution in [3.8, 4) is 6.01 Å². The molecule has 0 fully saturated rings. The zero-order valence-corrected chi connectivity index (χ0v) is 17.4. The van der Waals surface area contributed by atoms with Crippen LogP contribution >= 0.6 is 11.6 Å². The van der Waals surface area contributed by atoms with Gasteiger partial charge in [-0.05, 0) is 32.4 Å². The van der Waals surface area contributed by atoms with Crippen molar-refractivity contribution in [1.29, 1.82) is 0 Å². The Bertz CT molecular complexity index is 1040. The van der Waals surface area contributed by atoms with Gasteiger partial charge in [0.1, 0.15) is 5.52 Å². The molecule has 3 aromatic rings. The molecule has 1 aromatic carbocycles. The molecule has 0 amide bonds. The summed E-state index contributed by atoms with van der Waals surface area (Å²) < 4.78 is 11.8. The number of nitrogens with one attached hydrogen (secondary N) is 1. The summed E-state index contributed by atoms with van der Waals surface area (Å²) in [6.07, 6.45) is 0.463. The maximum atomic E-state index is 12.3. The fraction of sp³-hybridized carbons (Fsp3) is 0.368. The molecule has 2 N–H and O–H groups in total. The van der Waals surface area contributed by atoms with Crippen LogP contribution in [0.4, 0.5) is 11.6 Å². The lowest BCUT2D eigenvalue weighted by molar-refractivity contribution is 0.0602. The first-order valence-electron chi connectivity index (χ1n) is 8.95. The van der Waals surface area contributed by atoms with E-state index in [2.05, 4.69) is 20.3 Å². The Balaban J connectivity index is 2.20. The third-order valence-electron chi connectivity index (χ3n) is 4.46. The van der Waals surface area contributed by atoms with Crippen molar-refractivity contribution in [1.82, 2.24) is 19.5 Å². The molecule has 3 rings (SSSR count). The summed E-state index contributed by atoms with van der Waals surface area (Å²) in [5, 5.41) is 13.0. The molecule has 154 valence electrons. The van der Waals surface area contributed by atoms with Crippen LogP contribution in [0.25, 0.3) is 11.0 Å². The summed E-state index contributed by atoms with van der Waals surface area (Å²) in [5.41, 5.74) is 3.35. The molecular weight excluding hydrogens is 398 g/mol. The van der Waals surface area contributed by atoms with E-state index in [9.17, 15) is 9.90 Å². The molecule has 2 heterocycles. The number of halogens is 1. The van der Waals surface area contributed by atoms with Crippen molar-refractivity contribution >= 4 is 40.2 Å². The van der Waals surface area contributed by atoms with Gasteiger partial charge in [-0.15, -0.1) is 0 Å². The van der Waals surface area contributed by atoms with Gasteiger partial charge in [-0.25, -0.2) is 9.78 Å². The maximum Gasteiger partial charge on any atom is 0.340 e. The number of rotatable bonds is 7. The third-order valence-corrected chi connectivity index (χ3v) is 4.77. The van der Waals surface area contributed by atoms with Gasteiger partial charge in [-0.3, -0.25) is 0 Å². The van der Waals surface area contributed by atoms with Gasteiger partial charge in [-0.2, -0.15) is 9.97 Å². The predicted octanol–water partition coefficient (Wildman–Crippen LogP) is 3.02. The van der Waals surface area contributed by atoms with Crippen LogP contribution < -0.4 is 10.1 Å². The average Bonchev–Trinajstić information content (AvgIpc) is 3.07. The van der Waals surface area contributed by atoms with E-state index < -0.39 is 5.97 Å². The Morgan fingerprint density at radius 3 is 2.48 bits per heavy atom. The van der Waals surface area contributed by atoms with Gasteiger partial charge in [0.2, 0.25) is 5.95 Å². The van der Waals surface area contributed by atoms with Crippen LogP contribution in [-0.2, 0) is 11.3 Å². The first kappa shape index (κ1) is 20.8. The van der Waals surface area contributed by atoms with Gasteiger partial charge in [0.05, 0.1) is 47.4 Å². The fourth-order valence-corrected chi connectivity index (χ4v) is 3.29. The molecule has 0 bridgehead atoms. The Kier molecular flexibility index (Phi) is 6.19. The number of anilines is 2. The molecule has 0 saturated heterocycles. The second-order valence-corrected chi connectivity index (χ2v) is 6.74. The van der Waals surface area contributed by atoms with Crippen LogP contribution in [0, 0.1) is 13.8 Å². The van der Waals surface area contributed by atoms with Gasteiger partial charge >= 0.3 is 12.0 Å². The van der Waals surface area contributed by atoms with E-state index >= 15 is 0 Å².